The van der Waals surface area contributed by atoms with E-state index >= 15 is 0 Å². The van der Waals surface area contributed by atoms with Crippen LogP contribution in [0.25, 0.3) is 6.08 Å². The zero-order valence-corrected chi connectivity index (χ0v) is 14.3. The van der Waals surface area contributed by atoms with Gasteiger partial charge in [0.2, 0.25) is 0 Å². The second-order valence-electron chi connectivity index (χ2n) is 4.52. The number of hydrogen-bond acceptors (Lipinski definition) is 4. The Balaban J connectivity index is 2.46. The smallest absolute Gasteiger partial charge is 0.276 e. The first-order valence-electron chi connectivity index (χ1n) is 6.29. The zero-order chi connectivity index (χ0) is 15.7. The summed E-state index contributed by atoms with van der Waals surface area (Å²) in [4.78, 5) is 15.2. The van der Waals surface area contributed by atoms with E-state index < -0.39 is 0 Å². The molecule has 1 aromatic carbocycles. The summed E-state index contributed by atoms with van der Waals surface area (Å²) >= 11 is 8.44. The fourth-order valence-electron chi connectivity index (χ4n) is 1.99. The van der Waals surface area contributed by atoms with Gasteiger partial charge in [-0.25, -0.2) is 0 Å². The maximum atomic E-state index is 12.1. The highest BCUT2D eigenvalue weighted by molar-refractivity contribution is 9.10. The number of amides is 1. The van der Waals surface area contributed by atoms with Gasteiger partial charge < -0.3 is 14.7 Å². The van der Waals surface area contributed by atoms with Crippen LogP contribution in [0, 0.1) is 0 Å². The molecule has 1 fully saturated rings. The Bertz CT molecular complexity index is 645. The van der Waals surface area contributed by atoms with Gasteiger partial charge in [-0.05, 0) is 58.8 Å². The molecule has 21 heavy (non-hydrogen) atoms. The molecular formula is C14H15BrN2O3S. The van der Waals surface area contributed by atoms with E-state index in [4.69, 9.17) is 17.0 Å². The molecule has 1 aromatic rings. The molecule has 1 amide bonds. The average Bonchev–Trinajstić information content (AvgIpc) is 2.62. The summed E-state index contributed by atoms with van der Waals surface area (Å²) in [7, 11) is 3.38. The number of phenols is 1. The first-order chi connectivity index (χ1) is 9.86. The van der Waals surface area contributed by atoms with Crippen molar-refractivity contribution in [2.24, 2.45) is 0 Å². The summed E-state index contributed by atoms with van der Waals surface area (Å²) in [6.07, 6.45) is 1.71. The number of carbonyl (C=O) groups is 1. The Morgan fingerprint density at radius 2 is 2.05 bits per heavy atom. The summed E-state index contributed by atoms with van der Waals surface area (Å²) in [6, 6.07) is 3.40. The highest BCUT2D eigenvalue weighted by Crippen LogP contribution is 2.36. The Kier molecular flexibility index (Phi) is 4.53. The summed E-state index contributed by atoms with van der Waals surface area (Å²) in [5.74, 6) is 0.241. The van der Waals surface area contributed by atoms with Gasteiger partial charge in [-0.3, -0.25) is 9.69 Å². The summed E-state index contributed by atoms with van der Waals surface area (Å²) in [5, 5.41) is 10.4. The molecule has 1 aliphatic heterocycles. The van der Waals surface area contributed by atoms with E-state index in [0.717, 1.165) is 5.56 Å². The summed E-state index contributed by atoms with van der Waals surface area (Å²) in [6.45, 7) is 2.27. The number of carbonyl (C=O) groups excluding carboxylic acids is 1. The molecule has 0 bridgehead atoms. The van der Waals surface area contributed by atoms with Crippen LogP contribution in [0.1, 0.15) is 12.5 Å². The van der Waals surface area contributed by atoms with Crippen LogP contribution < -0.4 is 4.74 Å². The average molecular weight is 371 g/mol. The van der Waals surface area contributed by atoms with E-state index in [-0.39, 0.29) is 11.7 Å². The van der Waals surface area contributed by atoms with Crippen LogP contribution in [-0.4, -0.2) is 46.6 Å². The Hall–Kier alpha value is -1.60. The molecule has 5 nitrogen and oxygen atoms in total. The normalized spacial score (nSPS) is 17.0. The molecule has 1 N–H and O–H groups in total. The van der Waals surface area contributed by atoms with Gasteiger partial charge >= 0.3 is 0 Å². The van der Waals surface area contributed by atoms with E-state index in [1.807, 2.05) is 6.92 Å². The topological polar surface area (TPSA) is 53.0 Å². The second kappa shape index (κ2) is 6.03. The Morgan fingerprint density at radius 1 is 1.38 bits per heavy atom. The fraction of sp³-hybridized carbons (Fsp3) is 0.286. The fourth-order valence-corrected chi connectivity index (χ4v) is 2.63. The van der Waals surface area contributed by atoms with Gasteiger partial charge in [0.05, 0.1) is 11.1 Å². The lowest BCUT2D eigenvalue weighted by Gasteiger charge is -2.12. The number of nitrogens with zero attached hydrogens (tertiary/aromatic N) is 2. The van der Waals surface area contributed by atoms with Crippen molar-refractivity contribution in [3.63, 3.8) is 0 Å². The molecule has 1 saturated heterocycles. The molecule has 0 atom stereocenters. The van der Waals surface area contributed by atoms with Gasteiger partial charge in [0, 0.05) is 14.1 Å². The van der Waals surface area contributed by atoms with Gasteiger partial charge in [-0.2, -0.15) is 0 Å². The Labute approximate surface area is 136 Å². The first kappa shape index (κ1) is 15.8. The third-order valence-electron chi connectivity index (χ3n) is 3.11. The van der Waals surface area contributed by atoms with E-state index in [9.17, 15) is 9.90 Å². The molecule has 0 aromatic heterocycles. The van der Waals surface area contributed by atoms with E-state index in [0.29, 0.717) is 27.6 Å². The molecule has 0 unspecified atom stereocenters. The molecule has 0 saturated carbocycles. The third kappa shape index (κ3) is 2.89. The lowest BCUT2D eigenvalue weighted by Crippen LogP contribution is -2.26. The van der Waals surface area contributed by atoms with Crippen LogP contribution in [-0.2, 0) is 4.79 Å². The highest BCUT2D eigenvalue weighted by atomic mass is 79.9. The van der Waals surface area contributed by atoms with Crippen LogP contribution >= 0.6 is 28.1 Å². The van der Waals surface area contributed by atoms with Crippen LogP contribution in [0.15, 0.2) is 22.3 Å². The monoisotopic (exact) mass is 370 g/mol. The van der Waals surface area contributed by atoms with Crippen LogP contribution in [0.3, 0.4) is 0 Å². The van der Waals surface area contributed by atoms with Crippen molar-refractivity contribution >= 4 is 45.2 Å². The highest BCUT2D eigenvalue weighted by Gasteiger charge is 2.32. The number of likely N-dealkylation sites (N-methyl/N-ethyl adjacent to an activating group) is 2. The van der Waals surface area contributed by atoms with Crippen molar-refractivity contribution in [1.29, 1.82) is 0 Å². The molecular weight excluding hydrogens is 356 g/mol. The molecule has 0 radical (unpaired) electrons. The minimum Gasteiger partial charge on any atom is -0.503 e. The molecule has 112 valence electrons. The summed E-state index contributed by atoms with van der Waals surface area (Å²) < 4.78 is 5.88. The SMILES string of the molecule is CCOc1cc(/C=C2/C(=O)N(C)C(=S)N2C)cc(Br)c1O. The van der Waals surface area contributed by atoms with Crippen LogP contribution in [0.2, 0.25) is 0 Å². The van der Waals surface area contributed by atoms with Crippen molar-refractivity contribution in [3.05, 3.63) is 27.9 Å². The predicted molar refractivity (Wildman–Crippen MR) is 88.1 cm³/mol. The minimum atomic E-state index is -0.162. The van der Waals surface area contributed by atoms with E-state index in [1.54, 1.807) is 37.2 Å². The number of phenolic OH excluding ortho intramolecular Hbond substituents is 1. The second-order valence-corrected chi connectivity index (χ2v) is 5.74. The van der Waals surface area contributed by atoms with Crippen molar-refractivity contribution in [2.75, 3.05) is 20.7 Å². The van der Waals surface area contributed by atoms with Gasteiger partial charge in [0.1, 0.15) is 5.70 Å². The van der Waals surface area contributed by atoms with Gasteiger partial charge in [0.15, 0.2) is 16.6 Å². The quantitative estimate of drug-likeness (QED) is 0.654. The maximum Gasteiger partial charge on any atom is 0.276 e. The first-order valence-corrected chi connectivity index (χ1v) is 7.49. The zero-order valence-electron chi connectivity index (χ0n) is 11.9. The summed E-state index contributed by atoms with van der Waals surface area (Å²) in [5.41, 5.74) is 1.21. The van der Waals surface area contributed by atoms with Gasteiger partial charge in [-0.15, -0.1) is 0 Å². The van der Waals surface area contributed by atoms with E-state index in [1.165, 1.54) is 4.90 Å². The van der Waals surface area contributed by atoms with Crippen LogP contribution in [0.4, 0.5) is 0 Å². The third-order valence-corrected chi connectivity index (χ3v) is 4.27. The number of hydrogen-bond donors (Lipinski definition) is 1. The van der Waals surface area contributed by atoms with Gasteiger partial charge in [0.25, 0.3) is 5.91 Å². The maximum absolute atomic E-state index is 12.1. The lowest BCUT2D eigenvalue weighted by atomic mass is 10.1. The van der Waals surface area contributed by atoms with Crippen molar-refractivity contribution in [1.82, 2.24) is 9.80 Å². The number of rotatable bonds is 3. The van der Waals surface area contributed by atoms with Gasteiger partial charge in [-0.1, -0.05) is 0 Å². The van der Waals surface area contributed by atoms with Crippen molar-refractivity contribution in [3.8, 4) is 11.5 Å². The molecule has 7 heteroatoms. The number of thiocarbonyl (C=S) groups is 1. The molecule has 1 heterocycles. The van der Waals surface area contributed by atoms with Crippen molar-refractivity contribution < 1.29 is 14.6 Å². The lowest BCUT2D eigenvalue weighted by molar-refractivity contribution is -0.121. The molecule has 0 aliphatic carbocycles. The van der Waals surface area contributed by atoms with Crippen LogP contribution in [0.5, 0.6) is 11.5 Å². The number of halogens is 1. The minimum absolute atomic E-state index is 0.0396. The molecule has 0 spiro atoms. The molecule has 2 rings (SSSR count). The number of benzene rings is 1. The molecule has 1 aliphatic rings. The predicted octanol–water partition coefficient (Wildman–Crippen LogP) is 2.58. The standard InChI is InChI=1S/C14H15BrN2O3S/c1-4-20-11-7-8(5-9(15)12(11)18)6-10-13(19)17(3)14(21)16(10)2/h5-7,18H,4H2,1-3H3/b10-6-. The largest absolute Gasteiger partial charge is 0.503 e. The van der Waals surface area contributed by atoms with E-state index in [2.05, 4.69) is 15.9 Å². The number of ether oxygens (including phenoxy) is 1. The Morgan fingerprint density at radius 3 is 2.57 bits per heavy atom. The van der Waals surface area contributed by atoms with Crippen molar-refractivity contribution in [2.45, 2.75) is 6.92 Å². The number of aromatic hydroxyl groups is 1.